The van der Waals surface area contributed by atoms with E-state index in [1.165, 1.54) is 25.7 Å². The number of para-hydroxylation sites is 1. The number of rotatable bonds is 5. The molecule has 0 aliphatic heterocycles. The van der Waals surface area contributed by atoms with Gasteiger partial charge in [0.25, 0.3) is 0 Å². The van der Waals surface area contributed by atoms with E-state index in [4.69, 9.17) is 4.74 Å². The Balaban J connectivity index is 1.66. The summed E-state index contributed by atoms with van der Waals surface area (Å²) < 4.78 is 5.62. The summed E-state index contributed by atoms with van der Waals surface area (Å²) in [5.74, 6) is 1.26. The van der Waals surface area contributed by atoms with Crippen LogP contribution in [-0.2, 0) is 4.79 Å². The molecule has 0 N–H and O–H groups in total. The molecule has 0 atom stereocenters. The molecule has 2 nitrogen and oxygen atoms in total. The molecule has 2 aromatic carbocycles. The zero-order valence-electron chi connectivity index (χ0n) is 12.8. The van der Waals surface area contributed by atoms with E-state index >= 15 is 0 Å². The molecule has 1 fully saturated rings. The zero-order valence-corrected chi connectivity index (χ0v) is 12.8. The average molecular weight is 294 g/mol. The molecule has 3 rings (SSSR count). The lowest BCUT2D eigenvalue weighted by Crippen LogP contribution is -2.10. The zero-order chi connectivity index (χ0) is 15.2. The van der Waals surface area contributed by atoms with Crippen molar-refractivity contribution in [1.82, 2.24) is 0 Å². The molecule has 0 heterocycles. The molecule has 0 saturated heterocycles. The molecular formula is C20H22O2. The maximum absolute atomic E-state index is 12.1. The fraction of sp³-hybridized carbons (Fsp3) is 0.350. The average Bonchev–Trinajstić information content (AvgIpc) is 3.08. The van der Waals surface area contributed by atoms with Crippen molar-refractivity contribution in [3.63, 3.8) is 0 Å². The van der Waals surface area contributed by atoms with Gasteiger partial charge in [-0.2, -0.15) is 0 Å². The third-order valence-electron chi connectivity index (χ3n) is 4.43. The molecule has 1 aliphatic rings. The van der Waals surface area contributed by atoms with Crippen molar-refractivity contribution in [2.75, 3.05) is 0 Å². The summed E-state index contributed by atoms with van der Waals surface area (Å²) >= 11 is 0. The van der Waals surface area contributed by atoms with Crippen LogP contribution in [0.1, 0.15) is 38.5 Å². The van der Waals surface area contributed by atoms with Crippen molar-refractivity contribution in [2.24, 2.45) is 5.92 Å². The number of ether oxygens (including phenoxy) is 1. The van der Waals surface area contributed by atoms with E-state index in [0.717, 1.165) is 23.5 Å². The Morgan fingerprint density at radius 3 is 2.41 bits per heavy atom. The predicted molar refractivity (Wildman–Crippen MR) is 88.7 cm³/mol. The van der Waals surface area contributed by atoms with E-state index < -0.39 is 0 Å². The van der Waals surface area contributed by atoms with Crippen LogP contribution in [0.15, 0.2) is 54.6 Å². The van der Waals surface area contributed by atoms with E-state index in [1.54, 1.807) is 0 Å². The minimum Gasteiger partial charge on any atom is -0.426 e. The van der Waals surface area contributed by atoms with Crippen LogP contribution in [0.5, 0.6) is 5.75 Å². The lowest BCUT2D eigenvalue weighted by Gasteiger charge is -2.11. The van der Waals surface area contributed by atoms with Gasteiger partial charge in [0.1, 0.15) is 5.75 Å². The van der Waals surface area contributed by atoms with Gasteiger partial charge in [-0.1, -0.05) is 74.2 Å². The molecule has 2 aromatic rings. The summed E-state index contributed by atoms with van der Waals surface area (Å²) in [6.07, 6.45) is 6.66. The van der Waals surface area contributed by atoms with E-state index in [1.807, 2.05) is 54.6 Å². The standard InChI is InChI=1S/C20H22O2/c21-20(15-14-16-8-4-5-9-16)22-19-13-7-6-12-18(19)17-10-2-1-3-11-17/h1-3,6-7,10-13,16H,4-5,8-9,14-15H2. The lowest BCUT2D eigenvalue weighted by molar-refractivity contribution is -0.134. The Bertz CT molecular complexity index is 613. The van der Waals surface area contributed by atoms with Crippen molar-refractivity contribution in [3.8, 4) is 16.9 Å². The SMILES string of the molecule is O=C(CCC1CCCC1)Oc1ccccc1-c1ccccc1. The maximum atomic E-state index is 12.1. The van der Waals surface area contributed by atoms with Crippen LogP contribution in [0.4, 0.5) is 0 Å². The first-order chi connectivity index (χ1) is 10.8. The van der Waals surface area contributed by atoms with Gasteiger partial charge in [0.05, 0.1) is 0 Å². The van der Waals surface area contributed by atoms with E-state index in [0.29, 0.717) is 12.2 Å². The number of hydrogen-bond acceptors (Lipinski definition) is 2. The Morgan fingerprint density at radius 2 is 1.64 bits per heavy atom. The molecule has 0 unspecified atom stereocenters. The molecule has 0 spiro atoms. The first kappa shape index (κ1) is 14.8. The van der Waals surface area contributed by atoms with Gasteiger partial charge in [-0.05, 0) is 24.0 Å². The van der Waals surface area contributed by atoms with Gasteiger partial charge in [-0.3, -0.25) is 4.79 Å². The molecule has 0 radical (unpaired) electrons. The third kappa shape index (κ3) is 3.76. The van der Waals surface area contributed by atoms with Crippen LogP contribution in [0, 0.1) is 5.92 Å². The minimum atomic E-state index is -0.115. The highest BCUT2D eigenvalue weighted by Gasteiger charge is 2.17. The first-order valence-electron chi connectivity index (χ1n) is 8.18. The fourth-order valence-corrected chi connectivity index (χ4v) is 3.21. The Kier molecular flexibility index (Phi) is 4.89. The third-order valence-corrected chi connectivity index (χ3v) is 4.43. The molecule has 1 saturated carbocycles. The monoisotopic (exact) mass is 294 g/mol. The Hall–Kier alpha value is -2.09. The van der Waals surface area contributed by atoms with E-state index in [9.17, 15) is 4.79 Å². The second kappa shape index (κ2) is 7.26. The molecule has 2 heteroatoms. The Morgan fingerprint density at radius 1 is 0.955 bits per heavy atom. The van der Waals surface area contributed by atoms with Gasteiger partial charge in [0, 0.05) is 12.0 Å². The first-order valence-corrected chi connectivity index (χ1v) is 8.18. The van der Waals surface area contributed by atoms with Crippen LogP contribution in [-0.4, -0.2) is 5.97 Å². The Labute approximate surface area is 132 Å². The second-order valence-electron chi connectivity index (χ2n) is 6.03. The van der Waals surface area contributed by atoms with Gasteiger partial charge in [-0.15, -0.1) is 0 Å². The number of benzene rings is 2. The van der Waals surface area contributed by atoms with Gasteiger partial charge < -0.3 is 4.74 Å². The molecule has 0 aromatic heterocycles. The topological polar surface area (TPSA) is 26.3 Å². The molecule has 114 valence electrons. The number of carbonyl (C=O) groups is 1. The smallest absolute Gasteiger partial charge is 0.311 e. The summed E-state index contributed by atoms with van der Waals surface area (Å²) in [7, 11) is 0. The highest BCUT2D eigenvalue weighted by Crippen LogP contribution is 2.31. The largest absolute Gasteiger partial charge is 0.426 e. The summed E-state index contributed by atoms with van der Waals surface area (Å²) in [5.41, 5.74) is 2.04. The maximum Gasteiger partial charge on any atom is 0.311 e. The summed E-state index contributed by atoms with van der Waals surface area (Å²) in [4.78, 5) is 12.1. The lowest BCUT2D eigenvalue weighted by atomic mass is 10.0. The molecule has 1 aliphatic carbocycles. The quantitative estimate of drug-likeness (QED) is 0.557. The van der Waals surface area contributed by atoms with E-state index in [2.05, 4.69) is 0 Å². The van der Waals surface area contributed by atoms with Crippen LogP contribution in [0.2, 0.25) is 0 Å². The van der Waals surface area contributed by atoms with Crippen molar-refractivity contribution in [2.45, 2.75) is 38.5 Å². The summed E-state index contributed by atoms with van der Waals surface area (Å²) in [6.45, 7) is 0. The van der Waals surface area contributed by atoms with Gasteiger partial charge >= 0.3 is 5.97 Å². The molecule has 22 heavy (non-hydrogen) atoms. The predicted octanol–water partition coefficient (Wildman–Crippen LogP) is 5.23. The number of esters is 1. The van der Waals surface area contributed by atoms with Crippen LogP contribution in [0.25, 0.3) is 11.1 Å². The van der Waals surface area contributed by atoms with Crippen molar-refractivity contribution >= 4 is 5.97 Å². The molecule has 0 bridgehead atoms. The van der Waals surface area contributed by atoms with Crippen molar-refractivity contribution in [3.05, 3.63) is 54.6 Å². The highest BCUT2D eigenvalue weighted by molar-refractivity contribution is 5.77. The van der Waals surface area contributed by atoms with Crippen LogP contribution in [0.3, 0.4) is 0 Å². The summed E-state index contributed by atoms with van der Waals surface area (Å²) in [5, 5.41) is 0. The number of carbonyl (C=O) groups excluding carboxylic acids is 1. The molecule has 0 amide bonds. The number of hydrogen-bond donors (Lipinski definition) is 0. The van der Waals surface area contributed by atoms with Crippen LogP contribution >= 0.6 is 0 Å². The van der Waals surface area contributed by atoms with Gasteiger partial charge in [0.15, 0.2) is 0 Å². The van der Waals surface area contributed by atoms with Crippen LogP contribution < -0.4 is 4.74 Å². The fourth-order valence-electron chi connectivity index (χ4n) is 3.21. The highest BCUT2D eigenvalue weighted by atomic mass is 16.5. The summed E-state index contributed by atoms with van der Waals surface area (Å²) in [6, 6.07) is 17.8. The normalized spacial score (nSPS) is 14.9. The van der Waals surface area contributed by atoms with Gasteiger partial charge in [0.2, 0.25) is 0 Å². The van der Waals surface area contributed by atoms with Crippen molar-refractivity contribution in [1.29, 1.82) is 0 Å². The molecular weight excluding hydrogens is 272 g/mol. The second-order valence-corrected chi connectivity index (χ2v) is 6.03. The van der Waals surface area contributed by atoms with Gasteiger partial charge in [-0.25, -0.2) is 0 Å². The van der Waals surface area contributed by atoms with Crippen molar-refractivity contribution < 1.29 is 9.53 Å². The van der Waals surface area contributed by atoms with E-state index in [-0.39, 0.29) is 5.97 Å². The minimum absolute atomic E-state index is 0.115.